The molecule has 0 spiro atoms. The molecule has 1 aromatic carbocycles. The molecule has 0 aromatic heterocycles. The Morgan fingerprint density at radius 2 is 1.76 bits per heavy atom. The van der Waals surface area contributed by atoms with Crippen LogP contribution >= 0.6 is 0 Å². The highest BCUT2D eigenvalue weighted by molar-refractivity contribution is 5.78. The number of hydrogen-bond acceptors (Lipinski definition) is 4. The highest BCUT2D eigenvalue weighted by Gasteiger charge is 2.40. The monoisotopic (exact) mass is 292 g/mol. The van der Waals surface area contributed by atoms with Gasteiger partial charge in [0.15, 0.2) is 0 Å². The van der Waals surface area contributed by atoms with Gasteiger partial charge in [-0.3, -0.25) is 9.69 Å². The summed E-state index contributed by atoms with van der Waals surface area (Å²) >= 11 is 0. The molecule has 1 aliphatic rings. The molecule has 5 nitrogen and oxygen atoms in total. The van der Waals surface area contributed by atoms with Crippen molar-refractivity contribution in [3.63, 3.8) is 0 Å². The van der Waals surface area contributed by atoms with Crippen LogP contribution in [0.4, 0.5) is 0 Å². The van der Waals surface area contributed by atoms with Crippen LogP contribution in [0.3, 0.4) is 0 Å². The standard InChI is InChI=1S/C16H24N2O3/c1-16(15(20)21,18-11-9-17(2)10-12-18)8-7-13-3-5-14(19)6-4-13/h3-6,19H,7-12H2,1-2H3,(H,20,21). The molecule has 0 bridgehead atoms. The van der Waals surface area contributed by atoms with Crippen molar-refractivity contribution in [2.75, 3.05) is 33.2 Å². The van der Waals surface area contributed by atoms with Gasteiger partial charge in [-0.25, -0.2) is 0 Å². The van der Waals surface area contributed by atoms with Crippen LogP contribution in [0, 0.1) is 0 Å². The largest absolute Gasteiger partial charge is 0.508 e. The maximum atomic E-state index is 11.8. The molecule has 5 heteroatoms. The first-order valence-corrected chi connectivity index (χ1v) is 7.37. The molecule has 2 rings (SSSR count). The molecular weight excluding hydrogens is 268 g/mol. The lowest BCUT2D eigenvalue weighted by atomic mass is 9.90. The summed E-state index contributed by atoms with van der Waals surface area (Å²) in [6.07, 6.45) is 1.26. The Labute approximate surface area is 125 Å². The quantitative estimate of drug-likeness (QED) is 0.859. The van der Waals surface area contributed by atoms with Crippen molar-refractivity contribution in [3.8, 4) is 5.75 Å². The van der Waals surface area contributed by atoms with Crippen molar-refractivity contribution in [1.29, 1.82) is 0 Å². The first-order chi connectivity index (χ1) is 9.91. The number of phenolic OH excluding ortho intramolecular Hbond substituents is 1. The Morgan fingerprint density at radius 3 is 2.29 bits per heavy atom. The van der Waals surface area contributed by atoms with E-state index in [1.165, 1.54) is 0 Å². The fraction of sp³-hybridized carbons (Fsp3) is 0.562. The molecular formula is C16H24N2O3. The molecule has 2 N–H and O–H groups in total. The zero-order valence-corrected chi connectivity index (χ0v) is 12.7. The number of benzene rings is 1. The highest BCUT2D eigenvalue weighted by atomic mass is 16.4. The Balaban J connectivity index is 2.04. The van der Waals surface area contributed by atoms with Gasteiger partial charge in [-0.05, 0) is 44.5 Å². The Bertz CT molecular complexity index is 481. The van der Waals surface area contributed by atoms with E-state index in [0.717, 1.165) is 31.7 Å². The van der Waals surface area contributed by atoms with Crippen molar-refractivity contribution in [3.05, 3.63) is 29.8 Å². The maximum absolute atomic E-state index is 11.8. The van der Waals surface area contributed by atoms with Crippen molar-refractivity contribution in [1.82, 2.24) is 9.80 Å². The number of aromatic hydroxyl groups is 1. The number of carboxylic acid groups (broad SMARTS) is 1. The maximum Gasteiger partial charge on any atom is 0.323 e. The third-order valence-corrected chi connectivity index (χ3v) is 4.50. The lowest BCUT2D eigenvalue weighted by Crippen LogP contribution is -2.59. The van der Waals surface area contributed by atoms with E-state index in [1.807, 2.05) is 19.1 Å². The lowest BCUT2D eigenvalue weighted by molar-refractivity contribution is -0.152. The van der Waals surface area contributed by atoms with Crippen LogP contribution in [0.25, 0.3) is 0 Å². The third-order valence-electron chi connectivity index (χ3n) is 4.50. The Hall–Kier alpha value is -1.59. The summed E-state index contributed by atoms with van der Waals surface area (Å²) in [7, 11) is 2.06. The summed E-state index contributed by atoms with van der Waals surface area (Å²) in [6, 6.07) is 6.98. The molecule has 1 heterocycles. The molecule has 116 valence electrons. The average Bonchev–Trinajstić information content (AvgIpc) is 2.47. The fourth-order valence-electron chi connectivity index (χ4n) is 2.75. The lowest BCUT2D eigenvalue weighted by Gasteiger charge is -2.42. The summed E-state index contributed by atoms with van der Waals surface area (Å²) in [5.74, 6) is -0.523. The van der Waals surface area contributed by atoms with Crippen molar-refractivity contribution in [2.45, 2.75) is 25.3 Å². The molecule has 1 aromatic rings. The predicted octanol–water partition coefficient (Wildman–Crippen LogP) is 1.42. The number of nitrogens with zero attached hydrogens (tertiary/aromatic N) is 2. The van der Waals surface area contributed by atoms with E-state index in [4.69, 9.17) is 0 Å². The second-order valence-corrected chi connectivity index (χ2v) is 6.04. The minimum atomic E-state index is -0.834. The number of piperazine rings is 1. The molecule has 1 atom stereocenters. The topological polar surface area (TPSA) is 64.0 Å². The van der Waals surface area contributed by atoms with Crippen molar-refractivity contribution >= 4 is 5.97 Å². The van der Waals surface area contributed by atoms with E-state index < -0.39 is 11.5 Å². The van der Waals surface area contributed by atoms with Gasteiger partial charge in [-0.2, -0.15) is 0 Å². The molecule has 0 amide bonds. The van der Waals surface area contributed by atoms with E-state index in [1.54, 1.807) is 12.1 Å². The van der Waals surface area contributed by atoms with Gasteiger partial charge in [0, 0.05) is 26.2 Å². The van der Waals surface area contributed by atoms with Gasteiger partial charge in [0.2, 0.25) is 0 Å². The molecule has 0 aliphatic carbocycles. The van der Waals surface area contributed by atoms with Gasteiger partial charge in [-0.1, -0.05) is 12.1 Å². The number of hydrogen-bond donors (Lipinski definition) is 2. The predicted molar refractivity (Wildman–Crippen MR) is 81.5 cm³/mol. The summed E-state index contributed by atoms with van der Waals surface area (Å²) in [4.78, 5) is 16.1. The molecule has 0 saturated carbocycles. The molecule has 21 heavy (non-hydrogen) atoms. The van der Waals surface area contributed by atoms with Gasteiger partial charge >= 0.3 is 5.97 Å². The van der Waals surface area contributed by atoms with E-state index >= 15 is 0 Å². The summed E-state index contributed by atoms with van der Waals surface area (Å²) in [5.41, 5.74) is 0.216. The zero-order valence-electron chi connectivity index (χ0n) is 12.7. The van der Waals surface area contributed by atoms with Crippen LogP contribution in [0.5, 0.6) is 5.75 Å². The third kappa shape index (κ3) is 3.74. The first-order valence-electron chi connectivity index (χ1n) is 7.37. The number of rotatable bonds is 5. The summed E-state index contributed by atoms with van der Waals surface area (Å²) in [5, 5.41) is 19.0. The van der Waals surface area contributed by atoms with E-state index in [0.29, 0.717) is 12.8 Å². The van der Waals surface area contributed by atoms with E-state index in [9.17, 15) is 15.0 Å². The normalized spacial score (nSPS) is 20.1. The zero-order chi connectivity index (χ0) is 15.5. The second-order valence-electron chi connectivity index (χ2n) is 6.04. The van der Waals surface area contributed by atoms with Crippen LogP contribution in [0.15, 0.2) is 24.3 Å². The van der Waals surface area contributed by atoms with Crippen molar-refractivity contribution in [2.24, 2.45) is 0 Å². The molecule has 1 saturated heterocycles. The SMILES string of the molecule is CN1CCN(C(C)(CCc2ccc(O)cc2)C(=O)O)CC1. The number of carbonyl (C=O) groups is 1. The Morgan fingerprint density at radius 1 is 1.19 bits per heavy atom. The van der Waals surface area contributed by atoms with Gasteiger partial charge < -0.3 is 15.1 Å². The van der Waals surface area contributed by atoms with Gasteiger partial charge in [0.25, 0.3) is 0 Å². The second kappa shape index (κ2) is 6.45. The average molecular weight is 292 g/mol. The smallest absolute Gasteiger partial charge is 0.323 e. The van der Waals surface area contributed by atoms with Gasteiger partial charge in [-0.15, -0.1) is 0 Å². The number of aliphatic carboxylic acids is 1. The van der Waals surface area contributed by atoms with Crippen LogP contribution in [0.1, 0.15) is 18.9 Å². The molecule has 1 unspecified atom stereocenters. The Kier molecular flexibility index (Phi) is 4.85. The van der Waals surface area contributed by atoms with Crippen LogP contribution in [-0.2, 0) is 11.2 Å². The van der Waals surface area contributed by atoms with Crippen molar-refractivity contribution < 1.29 is 15.0 Å². The number of phenols is 1. The van der Waals surface area contributed by atoms with Crippen LogP contribution in [-0.4, -0.2) is 64.7 Å². The van der Waals surface area contributed by atoms with Crippen LogP contribution in [0.2, 0.25) is 0 Å². The highest BCUT2D eigenvalue weighted by Crippen LogP contribution is 2.24. The number of aryl methyl sites for hydroxylation is 1. The molecule has 1 fully saturated rings. The number of likely N-dealkylation sites (N-methyl/N-ethyl adjacent to an activating group) is 1. The summed E-state index contributed by atoms with van der Waals surface area (Å²) in [6.45, 7) is 5.20. The minimum absolute atomic E-state index is 0.235. The fourth-order valence-corrected chi connectivity index (χ4v) is 2.75. The van der Waals surface area contributed by atoms with Gasteiger partial charge in [0.1, 0.15) is 11.3 Å². The first kappa shape index (κ1) is 15.8. The van der Waals surface area contributed by atoms with Crippen LogP contribution < -0.4 is 0 Å². The molecule has 0 radical (unpaired) electrons. The minimum Gasteiger partial charge on any atom is -0.508 e. The van der Waals surface area contributed by atoms with Gasteiger partial charge in [0.05, 0.1) is 0 Å². The number of carboxylic acids is 1. The van der Waals surface area contributed by atoms with E-state index in [-0.39, 0.29) is 5.75 Å². The van der Waals surface area contributed by atoms with E-state index in [2.05, 4.69) is 16.8 Å². The summed E-state index contributed by atoms with van der Waals surface area (Å²) < 4.78 is 0. The molecule has 1 aliphatic heterocycles.